The summed E-state index contributed by atoms with van der Waals surface area (Å²) in [5.74, 6) is 0. The molecule has 0 saturated carbocycles. The molecule has 0 radical (unpaired) electrons. The highest BCUT2D eigenvalue weighted by Gasteiger charge is 2.74. The van der Waals surface area contributed by atoms with E-state index >= 15 is 0 Å². The van der Waals surface area contributed by atoms with E-state index in [-0.39, 0.29) is 12.1 Å². The van der Waals surface area contributed by atoms with Gasteiger partial charge in [-0.05, 0) is 16.8 Å². The van der Waals surface area contributed by atoms with Gasteiger partial charge in [-0.1, -0.05) is 30.3 Å². The zero-order valence-electron chi connectivity index (χ0n) is 17.0. The van der Waals surface area contributed by atoms with Gasteiger partial charge >= 0.3 is 24.7 Å². The summed E-state index contributed by atoms with van der Waals surface area (Å²) in [5.41, 5.74) is -7.84. The van der Waals surface area contributed by atoms with Gasteiger partial charge in [0.15, 0.2) is 0 Å². The first-order valence-electron chi connectivity index (χ1n) is 9.28. The van der Waals surface area contributed by atoms with Gasteiger partial charge in [0.1, 0.15) is 0 Å². The molecule has 0 bridgehead atoms. The third kappa shape index (κ3) is 3.48. The van der Waals surface area contributed by atoms with Crippen LogP contribution in [0.25, 0.3) is 21.5 Å². The van der Waals surface area contributed by atoms with E-state index in [0.717, 1.165) is 18.2 Å². The summed E-state index contributed by atoms with van der Waals surface area (Å²) in [6.45, 7) is 0. The Labute approximate surface area is 191 Å². The Hall–Kier alpha value is -3.14. The third-order valence-corrected chi connectivity index (χ3v) is 5.64. The highest BCUT2D eigenvalue weighted by molar-refractivity contribution is 6.19. The second-order valence-electron chi connectivity index (χ2n) is 7.70. The van der Waals surface area contributed by atoms with Crippen LogP contribution in [0.2, 0.25) is 0 Å². The largest absolute Gasteiger partial charge is 0.430 e. The van der Waals surface area contributed by atoms with Crippen molar-refractivity contribution in [2.24, 2.45) is 0 Å². The zero-order valence-corrected chi connectivity index (χ0v) is 17.0. The smallest absolute Gasteiger partial charge is 0.398 e. The van der Waals surface area contributed by atoms with E-state index in [0.29, 0.717) is 6.07 Å². The van der Waals surface area contributed by atoms with Crippen LogP contribution in [0.5, 0.6) is 0 Å². The highest BCUT2D eigenvalue weighted by atomic mass is 19.4. The monoisotopic (exact) mass is 540 g/mol. The lowest BCUT2D eigenvalue weighted by atomic mass is 9.79. The fourth-order valence-electron chi connectivity index (χ4n) is 3.96. The minimum atomic E-state index is -6.64. The van der Waals surface area contributed by atoms with E-state index in [2.05, 4.69) is 0 Å². The Kier molecular flexibility index (Phi) is 5.85. The van der Waals surface area contributed by atoms with Crippen molar-refractivity contribution in [3.05, 3.63) is 47.5 Å². The van der Waals surface area contributed by atoms with Crippen molar-refractivity contribution in [2.75, 3.05) is 11.5 Å². The van der Waals surface area contributed by atoms with Gasteiger partial charge in [-0.15, -0.1) is 0 Å². The van der Waals surface area contributed by atoms with Gasteiger partial charge in [0.2, 0.25) is 0 Å². The van der Waals surface area contributed by atoms with Crippen LogP contribution in [-0.4, -0.2) is 34.9 Å². The van der Waals surface area contributed by atoms with E-state index in [1.165, 1.54) is 0 Å². The quantitative estimate of drug-likeness (QED) is 0.188. The first kappa shape index (κ1) is 27.4. The number of aliphatic hydroxyl groups is 2. The number of halogens is 12. The number of benzene rings is 3. The molecule has 0 saturated heterocycles. The highest BCUT2D eigenvalue weighted by Crippen LogP contribution is 2.58. The van der Waals surface area contributed by atoms with Crippen LogP contribution >= 0.6 is 0 Å². The molecule has 0 aliphatic heterocycles. The SMILES string of the molecule is Nc1c(C(O)(C(F)(F)F)C(F)(F)F)c2c(N)ccc(C(O)(C(F)(F)F)C(F)(F)F)c2c2ccccc12. The van der Waals surface area contributed by atoms with Gasteiger partial charge in [-0.25, -0.2) is 0 Å². The average molecular weight is 540 g/mol. The molecule has 36 heavy (non-hydrogen) atoms. The maximum absolute atomic E-state index is 13.8. The number of rotatable bonds is 2. The van der Waals surface area contributed by atoms with Gasteiger partial charge in [0.05, 0.1) is 0 Å². The Bertz CT molecular complexity index is 1310. The van der Waals surface area contributed by atoms with Gasteiger partial charge in [0, 0.05) is 33.3 Å². The molecular formula is C20H12F12N2O2. The predicted octanol–water partition coefficient (Wildman–Crippen LogP) is 5.78. The van der Waals surface area contributed by atoms with E-state index < -0.39 is 80.0 Å². The summed E-state index contributed by atoms with van der Waals surface area (Å²) in [6.07, 6.45) is -26.4. The molecule has 0 aromatic heterocycles. The molecule has 0 amide bonds. The maximum Gasteiger partial charge on any atom is 0.430 e. The first-order chi connectivity index (χ1) is 16.0. The third-order valence-electron chi connectivity index (χ3n) is 5.64. The minimum Gasteiger partial charge on any atom is -0.398 e. The Morgan fingerprint density at radius 1 is 0.528 bits per heavy atom. The van der Waals surface area contributed by atoms with Crippen LogP contribution in [0, 0.1) is 0 Å². The van der Waals surface area contributed by atoms with Crippen molar-refractivity contribution in [3.63, 3.8) is 0 Å². The van der Waals surface area contributed by atoms with Crippen LogP contribution < -0.4 is 11.5 Å². The van der Waals surface area contributed by atoms with E-state index in [9.17, 15) is 62.9 Å². The summed E-state index contributed by atoms with van der Waals surface area (Å²) in [7, 11) is 0. The molecule has 198 valence electrons. The van der Waals surface area contributed by atoms with Crippen LogP contribution in [0.1, 0.15) is 11.1 Å². The van der Waals surface area contributed by atoms with Crippen molar-refractivity contribution in [1.29, 1.82) is 0 Å². The molecule has 0 heterocycles. The van der Waals surface area contributed by atoms with Crippen molar-refractivity contribution in [3.8, 4) is 0 Å². The minimum absolute atomic E-state index is 0.0364. The average Bonchev–Trinajstić information content (AvgIpc) is 2.70. The van der Waals surface area contributed by atoms with E-state index in [1.807, 2.05) is 0 Å². The Balaban J connectivity index is 2.82. The molecule has 4 nitrogen and oxygen atoms in total. The molecule has 6 N–H and O–H groups in total. The Morgan fingerprint density at radius 2 is 0.944 bits per heavy atom. The van der Waals surface area contributed by atoms with Crippen LogP contribution in [0.15, 0.2) is 36.4 Å². The molecule has 0 aliphatic rings. The molecule has 0 fully saturated rings. The van der Waals surface area contributed by atoms with Gasteiger partial charge in [-0.3, -0.25) is 0 Å². The molecule has 3 aromatic carbocycles. The molecule has 0 aliphatic carbocycles. The molecule has 3 rings (SSSR count). The van der Waals surface area contributed by atoms with Gasteiger partial charge in [0.25, 0.3) is 11.2 Å². The van der Waals surface area contributed by atoms with Crippen LogP contribution in [0.3, 0.4) is 0 Å². The molecule has 3 aromatic rings. The number of hydrogen-bond donors (Lipinski definition) is 4. The van der Waals surface area contributed by atoms with Crippen LogP contribution in [0.4, 0.5) is 64.1 Å². The molecule has 16 heteroatoms. The number of fused-ring (bicyclic) bond motifs is 3. The normalized spacial score (nSPS) is 14.6. The number of nitrogen functional groups attached to an aromatic ring is 2. The van der Waals surface area contributed by atoms with E-state index in [4.69, 9.17) is 11.5 Å². The summed E-state index contributed by atoms with van der Waals surface area (Å²) >= 11 is 0. The standard InChI is InChI=1S/C20H12F12N2O2/c21-17(22,23)15(35,18(24,25)26)9-5-6-10(33)12-11(9)7-3-1-2-4-8(7)14(34)13(12)16(36,19(27,28)29)20(30,31)32/h1-6,35-36H,33-34H2. The summed E-state index contributed by atoms with van der Waals surface area (Å²) in [6, 6.07) is 3.48. The van der Waals surface area contributed by atoms with Crippen molar-refractivity contribution >= 4 is 32.9 Å². The number of anilines is 2. The van der Waals surface area contributed by atoms with Gasteiger partial charge in [-0.2, -0.15) is 52.7 Å². The number of hydrogen-bond acceptors (Lipinski definition) is 4. The second-order valence-corrected chi connectivity index (χ2v) is 7.70. The lowest BCUT2D eigenvalue weighted by Gasteiger charge is -2.37. The summed E-state index contributed by atoms with van der Waals surface area (Å²) in [5, 5.41) is 15.0. The summed E-state index contributed by atoms with van der Waals surface area (Å²) in [4.78, 5) is 0. The predicted molar refractivity (Wildman–Crippen MR) is 102 cm³/mol. The van der Waals surface area contributed by atoms with Crippen molar-refractivity contribution in [1.82, 2.24) is 0 Å². The fourth-order valence-corrected chi connectivity index (χ4v) is 3.96. The Morgan fingerprint density at radius 3 is 1.36 bits per heavy atom. The molecule has 0 atom stereocenters. The zero-order chi connectivity index (χ0) is 27.9. The summed E-state index contributed by atoms with van der Waals surface area (Å²) < 4.78 is 165. The van der Waals surface area contributed by atoms with Gasteiger partial charge < -0.3 is 21.7 Å². The molecule has 0 unspecified atom stereocenters. The molecular weight excluding hydrogens is 528 g/mol. The number of nitrogens with two attached hydrogens (primary N) is 2. The maximum atomic E-state index is 13.8. The fraction of sp³-hybridized carbons (Fsp3) is 0.300. The lowest BCUT2D eigenvalue weighted by Crippen LogP contribution is -2.55. The van der Waals surface area contributed by atoms with Crippen molar-refractivity contribution < 1.29 is 62.9 Å². The second kappa shape index (κ2) is 7.68. The van der Waals surface area contributed by atoms with E-state index in [1.54, 1.807) is 0 Å². The van der Waals surface area contributed by atoms with Crippen molar-refractivity contribution in [2.45, 2.75) is 35.9 Å². The first-order valence-corrected chi connectivity index (χ1v) is 9.28. The molecule has 0 spiro atoms. The van der Waals surface area contributed by atoms with Crippen LogP contribution in [-0.2, 0) is 11.2 Å². The lowest BCUT2D eigenvalue weighted by molar-refractivity contribution is -0.376. The number of alkyl halides is 12. The topological polar surface area (TPSA) is 92.5 Å².